The van der Waals surface area contributed by atoms with Crippen LogP contribution in [0, 0.1) is 0 Å². The van der Waals surface area contributed by atoms with Crippen molar-refractivity contribution in [3.8, 4) is 28.5 Å². The number of methoxy groups -OCH3 is 2. The van der Waals surface area contributed by atoms with E-state index in [1.807, 2.05) is 19.1 Å². The lowest BCUT2D eigenvalue weighted by Gasteiger charge is -2.16. The van der Waals surface area contributed by atoms with Gasteiger partial charge in [-0.1, -0.05) is 0 Å². The second-order valence-corrected chi connectivity index (χ2v) is 3.82. The van der Waals surface area contributed by atoms with Gasteiger partial charge in [0.2, 0.25) is 5.75 Å². The van der Waals surface area contributed by atoms with Gasteiger partial charge in [0.1, 0.15) is 5.82 Å². The van der Waals surface area contributed by atoms with Crippen LogP contribution in [-0.2, 0) is 0 Å². The number of anilines is 1. The summed E-state index contributed by atoms with van der Waals surface area (Å²) in [6.07, 6.45) is 0. The average Bonchev–Trinajstić information content (AvgIpc) is 2.85. The van der Waals surface area contributed by atoms with Crippen LogP contribution in [-0.4, -0.2) is 31.0 Å². The summed E-state index contributed by atoms with van der Waals surface area (Å²) in [6, 6.07) is 5.43. The summed E-state index contributed by atoms with van der Waals surface area (Å²) < 4.78 is 16.3. The second-order valence-electron chi connectivity index (χ2n) is 3.82. The van der Waals surface area contributed by atoms with Crippen LogP contribution in [0.2, 0.25) is 0 Å². The van der Waals surface area contributed by atoms with Gasteiger partial charge in [0.05, 0.1) is 26.5 Å². The summed E-state index contributed by atoms with van der Waals surface area (Å²) in [6.45, 7) is 2.42. The van der Waals surface area contributed by atoms with E-state index in [4.69, 9.17) is 19.9 Å². The molecule has 0 saturated carbocycles. The highest BCUT2D eigenvalue weighted by molar-refractivity contribution is 5.75. The molecule has 0 bridgehead atoms. The van der Waals surface area contributed by atoms with Gasteiger partial charge in [-0.25, -0.2) is 0 Å². The molecular formula is C13H17N3O3. The fourth-order valence-corrected chi connectivity index (χ4v) is 1.87. The van der Waals surface area contributed by atoms with Crippen LogP contribution in [0.4, 0.5) is 5.82 Å². The van der Waals surface area contributed by atoms with E-state index in [9.17, 15) is 0 Å². The van der Waals surface area contributed by atoms with Gasteiger partial charge in [0.15, 0.2) is 11.5 Å². The maximum absolute atomic E-state index is 5.67. The first-order valence-corrected chi connectivity index (χ1v) is 5.90. The zero-order valence-electron chi connectivity index (χ0n) is 11.2. The molecule has 1 aromatic heterocycles. The van der Waals surface area contributed by atoms with E-state index in [0.717, 1.165) is 11.3 Å². The van der Waals surface area contributed by atoms with E-state index in [2.05, 4.69) is 10.2 Å². The number of nitrogens with zero attached hydrogens (tertiary/aromatic N) is 1. The highest BCUT2D eigenvalue weighted by Crippen LogP contribution is 2.44. The number of ether oxygens (including phenoxy) is 3. The normalized spacial score (nSPS) is 10.3. The van der Waals surface area contributed by atoms with E-state index in [1.54, 1.807) is 20.3 Å². The van der Waals surface area contributed by atoms with Crippen LogP contribution in [0.15, 0.2) is 18.2 Å². The smallest absolute Gasteiger partial charge is 0.203 e. The molecule has 0 aliphatic carbocycles. The fourth-order valence-electron chi connectivity index (χ4n) is 1.87. The molecule has 1 heterocycles. The zero-order chi connectivity index (χ0) is 13.8. The molecule has 0 spiro atoms. The van der Waals surface area contributed by atoms with Gasteiger partial charge in [0.25, 0.3) is 0 Å². The molecule has 6 nitrogen and oxygen atoms in total. The number of nitrogens with one attached hydrogen (secondary N) is 1. The number of benzene rings is 1. The van der Waals surface area contributed by atoms with Crippen molar-refractivity contribution in [1.82, 2.24) is 10.2 Å². The molecule has 0 saturated heterocycles. The molecule has 0 atom stereocenters. The molecule has 0 radical (unpaired) electrons. The molecule has 0 aliphatic rings. The Balaban J connectivity index is 2.60. The van der Waals surface area contributed by atoms with Crippen LogP contribution >= 0.6 is 0 Å². The summed E-state index contributed by atoms with van der Waals surface area (Å²) in [4.78, 5) is 0. The molecule has 1 aromatic carbocycles. The quantitative estimate of drug-likeness (QED) is 0.863. The largest absolute Gasteiger partial charge is 0.493 e. The molecule has 2 aromatic rings. The lowest BCUT2D eigenvalue weighted by molar-refractivity contribution is 0.298. The van der Waals surface area contributed by atoms with E-state index in [1.165, 1.54) is 0 Å². The Hall–Kier alpha value is -2.37. The van der Waals surface area contributed by atoms with E-state index in [-0.39, 0.29) is 0 Å². The minimum Gasteiger partial charge on any atom is -0.493 e. The molecule has 0 fully saturated rings. The molecule has 6 heteroatoms. The lowest BCUT2D eigenvalue weighted by atomic mass is 10.1. The van der Waals surface area contributed by atoms with Gasteiger partial charge in [-0.3, -0.25) is 5.10 Å². The third-order valence-electron chi connectivity index (χ3n) is 2.68. The van der Waals surface area contributed by atoms with Gasteiger partial charge in [0, 0.05) is 11.6 Å². The molecule has 2 rings (SSSR count). The predicted molar refractivity (Wildman–Crippen MR) is 72.7 cm³/mol. The number of hydrogen-bond acceptors (Lipinski definition) is 5. The van der Waals surface area contributed by atoms with Crippen LogP contribution in [0.3, 0.4) is 0 Å². The van der Waals surface area contributed by atoms with Crippen molar-refractivity contribution in [3.63, 3.8) is 0 Å². The molecule has 0 unspecified atom stereocenters. The molecule has 0 amide bonds. The minimum atomic E-state index is 0.423. The first-order valence-electron chi connectivity index (χ1n) is 5.90. The lowest BCUT2D eigenvalue weighted by Crippen LogP contribution is -2.00. The van der Waals surface area contributed by atoms with Crippen LogP contribution in [0.1, 0.15) is 6.92 Å². The predicted octanol–water partition coefficient (Wildman–Crippen LogP) is 2.07. The first kappa shape index (κ1) is 13.1. The van der Waals surface area contributed by atoms with Gasteiger partial charge in [-0.2, -0.15) is 5.10 Å². The summed E-state index contributed by atoms with van der Waals surface area (Å²) in [5.41, 5.74) is 7.22. The van der Waals surface area contributed by atoms with Crippen molar-refractivity contribution in [1.29, 1.82) is 0 Å². The number of nitrogen functional groups attached to an aromatic ring is 1. The summed E-state index contributed by atoms with van der Waals surface area (Å²) in [5, 5.41) is 6.78. The average molecular weight is 263 g/mol. The molecule has 102 valence electrons. The Morgan fingerprint density at radius 3 is 2.53 bits per heavy atom. The summed E-state index contributed by atoms with van der Waals surface area (Å²) in [7, 11) is 3.16. The molecule has 19 heavy (non-hydrogen) atoms. The second kappa shape index (κ2) is 5.51. The zero-order valence-corrected chi connectivity index (χ0v) is 11.2. The Labute approximate surface area is 111 Å². The maximum Gasteiger partial charge on any atom is 0.203 e. The summed E-state index contributed by atoms with van der Waals surface area (Å²) in [5.74, 6) is 2.19. The Bertz CT molecular complexity index is 566. The van der Waals surface area contributed by atoms with Crippen molar-refractivity contribution >= 4 is 5.82 Å². The highest BCUT2D eigenvalue weighted by atomic mass is 16.5. The van der Waals surface area contributed by atoms with Crippen molar-refractivity contribution in [2.45, 2.75) is 6.92 Å². The van der Waals surface area contributed by atoms with Crippen LogP contribution in [0.25, 0.3) is 11.3 Å². The third kappa shape index (κ3) is 2.42. The van der Waals surface area contributed by atoms with Gasteiger partial charge in [-0.15, -0.1) is 0 Å². The minimum absolute atomic E-state index is 0.423. The van der Waals surface area contributed by atoms with Crippen molar-refractivity contribution in [3.05, 3.63) is 18.2 Å². The van der Waals surface area contributed by atoms with Crippen molar-refractivity contribution in [2.75, 3.05) is 26.6 Å². The topological polar surface area (TPSA) is 82.4 Å². The maximum atomic E-state index is 5.67. The number of hydrogen-bond donors (Lipinski definition) is 2. The number of aromatic nitrogens is 2. The number of rotatable bonds is 5. The van der Waals surface area contributed by atoms with Gasteiger partial charge >= 0.3 is 0 Å². The standard InChI is InChI=1S/C13H17N3O3/c1-4-19-12-8(9-7-11(14)16-15-9)5-6-10(17-2)13(12)18-3/h5-7H,4H2,1-3H3,(H3,14,15,16). The van der Waals surface area contributed by atoms with E-state index >= 15 is 0 Å². The van der Waals surface area contributed by atoms with Gasteiger partial charge in [-0.05, 0) is 19.1 Å². The first-order chi connectivity index (χ1) is 9.21. The van der Waals surface area contributed by atoms with E-state index < -0.39 is 0 Å². The summed E-state index contributed by atoms with van der Waals surface area (Å²) >= 11 is 0. The SMILES string of the molecule is CCOc1c(-c2cc(N)n[nH]2)ccc(OC)c1OC. The Morgan fingerprint density at radius 2 is 2.00 bits per heavy atom. The molecular weight excluding hydrogens is 246 g/mol. The van der Waals surface area contributed by atoms with Crippen LogP contribution < -0.4 is 19.9 Å². The number of H-pyrrole nitrogens is 1. The fraction of sp³-hybridized carbons (Fsp3) is 0.308. The number of aromatic amines is 1. The highest BCUT2D eigenvalue weighted by Gasteiger charge is 2.18. The van der Waals surface area contributed by atoms with Crippen molar-refractivity contribution < 1.29 is 14.2 Å². The Kier molecular flexibility index (Phi) is 3.79. The van der Waals surface area contributed by atoms with Crippen molar-refractivity contribution in [2.24, 2.45) is 0 Å². The van der Waals surface area contributed by atoms with Gasteiger partial charge < -0.3 is 19.9 Å². The molecule has 0 aliphatic heterocycles. The third-order valence-corrected chi connectivity index (χ3v) is 2.68. The van der Waals surface area contributed by atoms with E-state index in [0.29, 0.717) is 29.7 Å². The number of nitrogens with two attached hydrogens (primary N) is 1. The monoisotopic (exact) mass is 263 g/mol. The molecule has 3 N–H and O–H groups in total. The van der Waals surface area contributed by atoms with Crippen LogP contribution in [0.5, 0.6) is 17.2 Å². The Morgan fingerprint density at radius 1 is 1.21 bits per heavy atom.